The molecule has 4 nitrogen and oxygen atoms in total. The summed E-state index contributed by atoms with van der Waals surface area (Å²) >= 11 is 1.56. The fourth-order valence-corrected chi connectivity index (χ4v) is 3.87. The number of benzene rings is 3. The lowest BCUT2D eigenvalue weighted by molar-refractivity contribution is 0.415. The highest BCUT2D eigenvalue weighted by atomic mass is 32.1. The van der Waals surface area contributed by atoms with Crippen molar-refractivity contribution in [3.05, 3.63) is 107 Å². The summed E-state index contributed by atoms with van der Waals surface area (Å²) in [5.74, 6) is 0.833. The van der Waals surface area contributed by atoms with Crippen LogP contribution in [0.5, 0.6) is 5.75 Å². The molecule has 0 aliphatic carbocycles. The van der Waals surface area contributed by atoms with E-state index >= 15 is 0 Å². The van der Waals surface area contributed by atoms with Crippen molar-refractivity contribution >= 4 is 23.6 Å². The molecule has 0 saturated carbocycles. The number of rotatable bonds is 6. The van der Waals surface area contributed by atoms with Crippen LogP contribution in [0, 0.1) is 0 Å². The van der Waals surface area contributed by atoms with E-state index in [-0.39, 0.29) is 0 Å². The summed E-state index contributed by atoms with van der Waals surface area (Å²) < 4.78 is 7.40. The molecule has 0 N–H and O–H groups in total. The van der Waals surface area contributed by atoms with Crippen LogP contribution in [-0.4, -0.2) is 17.9 Å². The van der Waals surface area contributed by atoms with E-state index in [4.69, 9.17) is 4.74 Å². The first-order chi connectivity index (χ1) is 14.8. The lowest BCUT2D eigenvalue weighted by atomic mass is 10.1. The minimum Gasteiger partial charge on any atom is -0.497 e. The van der Waals surface area contributed by atoms with E-state index in [1.165, 1.54) is 0 Å². The maximum atomic E-state index is 5.28. The summed E-state index contributed by atoms with van der Waals surface area (Å²) in [6.45, 7) is 0. The van der Waals surface area contributed by atoms with E-state index in [2.05, 4.69) is 44.4 Å². The average Bonchev–Trinajstić information content (AvgIpc) is 3.24. The number of aromatic nitrogens is 1. The largest absolute Gasteiger partial charge is 0.497 e. The van der Waals surface area contributed by atoms with Crippen LogP contribution in [0.4, 0.5) is 0 Å². The summed E-state index contributed by atoms with van der Waals surface area (Å²) in [6, 6.07) is 28.3. The van der Waals surface area contributed by atoms with Crippen LogP contribution in [0.3, 0.4) is 0 Å². The zero-order valence-electron chi connectivity index (χ0n) is 16.6. The third-order valence-corrected chi connectivity index (χ3v) is 5.31. The first-order valence-electron chi connectivity index (χ1n) is 9.54. The molecule has 148 valence electrons. The zero-order valence-corrected chi connectivity index (χ0v) is 17.4. The smallest absolute Gasteiger partial charge is 0.215 e. The molecule has 0 saturated heterocycles. The molecule has 5 heteroatoms. The zero-order chi connectivity index (χ0) is 20.6. The van der Waals surface area contributed by atoms with Gasteiger partial charge in [0.15, 0.2) is 0 Å². The number of hydrogen-bond donors (Lipinski definition) is 0. The van der Waals surface area contributed by atoms with Gasteiger partial charge in [0.1, 0.15) is 5.75 Å². The van der Waals surface area contributed by atoms with Crippen molar-refractivity contribution in [2.24, 2.45) is 10.2 Å². The first-order valence-corrected chi connectivity index (χ1v) is 10.4. The van der Waals surface area contributed by atoms with Gasteiger partial charge in [-0.1, -0.05) is 54.6 Å². The Labute approximate surface area is 179 Å². The Balaban J connectivity index is 1.69. The third-order valence-electron chi connectivity index (χ3n) is 4.49. The molecule has 1 heterocycles. The normalized spacial score (nSPS) is 12.1. The van der Waals surface area contributed by atoms with E-state index in [1.807, 2.05) is 72.8 Å². The van der Waals surface area contributed by atoms with Crippen LogP contribution < -0.4 is 9.54 Å². The number of ether oxygens (including phenoxy) is 1. The van der Waals surface area contributed by atoms with Crippen LogP contribution in [0.2, 0.25) is 0 Å². The van der Waals surface area contributed by atoms with Crippen molar-refractivity contribution in [1.82, 2.24) is 4.57 Å². The highest BCUT2D eigenvalue weighted by Gasteiger charge is 2.10. The lowest BCUT2D eigenvalue weighted by Crippen LogP contribution is -2.13. The quantitative estimate of drug-likeness (QED) is 0.291. The minimum absolute atomic E-state index is 0.802. The summed E-state index contributed by atoms with van der Waals surface area (Å²) in [5, 5.41) is 10.8. The molecule has 1 aromatic heterocycles. The predicted molar refractivity (Wildman–Crippen MR) is 125 cm³/mol. The maximum Gasteiger partial charge on any atom is 0.215 e. The van der Waals surface area contributed by atoms with Gasteiger partial charge in [0.2, 0.25) is 4.80 Å². The third kappa shape index (κ3) is 4.64. The van der Waals surface area contributed by atoms with Crippen LogP contribution >= 0.6 is 11.3 Å². The topological polar surface area (TPSA) is 38.9 Å². The van der Waals surface area contributed by atoms with Gasteiger partial charge >= 0.3 is 0 Å². The van der Waals surface area contributed by atoms with Crippen molar-refractivity contribution in [3.8, 4) is 22.7 Å². The molecular formula is C25H21N3OS. The number of hydrogen-bond acceptors (Lipinski definition) is 4. The number of allylic oxidation sites excluding steroid dienone is 1. The molecule has 0 aliphatic rings. The van der Waals surface area contributed by atoms with E-state index in [1.54, 1.807) is 24.7 Å². The Hall–Kier alpha value is -3.70. The summed E-state index contributed by atoms with van der Waals surface area (Å²) in [6.07, 6.45) is 5.60. The van der Waals surface area contributed by atoms with Gasteiger partial charge in [0, 0.05) is 17.3 Å². The van der Waals surface area contributed by atoms with E-state index in [0.717, 1.165) is 33.1 Å². The molecule has 0 spiro atoms. The van der Waals surface area contributed by atoms with Crippen molar-refractivity contribution in [2.75, 3.05) is 7.11 Å². The Kier molecular flexibility index (Phi) is 6.32. The van der Waals surface area contributed by atoms with Gasteiger partial charge in [-0.05, 0) is 53.6 Å². The summed E-state index contributed by atoms with van der Waals surface area (Å²) in [5.41, 5.74) is 4.31. The van der Waals surface area contributed by atoms with E-state index in [0.29, 0.717) is 0 Å². The molecule has 3 aromatic carbocycles. The molecule has 0 radical (unpaired) electrons. The van der Waals surface area contributed by atoms with Gasteiger partial charge in [-0.25, -0.2) is 0 Å². The second-order valence-corrected chi connectivity index (χ2v) is 7.27. The molecule has 0 bridgehead atoms. The second kappa shape index (κ2) is 9.67. The van der Waals surface area contributed by atoms with Gasteiger partial charge in [-0.3, -0.25) is 4.57 Å². The Morgan fingerprint density at radius 2 is 1.57 bits per heavy atom. The summed E-state index contributed by atoms with van der Waals surface area (Å²) in [4.78, 5) is 0.802. The van der Waals surface area contributed by atoms with Crippen molar-refractivity contribution < 1.29 is 4.74 Å². The maximum absolute atomic E-state index is 5.28. The van der Waals surface area contributed by atoms with Gasteiger partial charge < -0.3 is 4.74 Å². The number of methoxy groups -OCH3 is 1. The fourth-order valence-electron chi connectivity index (χ4n) is 3.01. The van der Waals surface area contributed by atoms with Crippen LogP contribution in [-0.2, 0) is 0 Å². The highest BCUT2D eigenvalue weighted by Crippen LogP contribution is 2.25. The van der Waals surface area contributed by atoms with E-state index in [9.17, 15) is 0 Å². The number of thiazole rings is 1. The predicted octanol–water partition coefficient (Wildman–Crippen LogP) is 5.81. The number of nitrogens with zero attached hydrogens (tertiary/aromatic N) is 3. The van der Waals surface area contributed by atoms with Crippen LogP contribution in [0.1, 0.15) is 5.56 Å². The highest BCUT2D eigenvalue weighted by molar-refractivity contribution is 7.07. The molecule has 4 rings (SSSR count). The molecule has 0 atom stereocenters. The van der Waals surface area contributed by atoms with Crippen molar-refractivity contribution in [2.45, 2.75) is 0 Å². The Morgan fingerprint density at radius 3 is 2.27 bits per heavy atom. The lowest BCUT2D eigenvalue weighted by Gasteiger charge is -2.09. The molecule has 0 fully saturated rings. The van der Waals surface area contributed by atoms with Crippen molar-refractivity contribution in [1.29, 1.82) is 0 Å². The monoisotopic (exact) mass is 411 g/mol. The van der Waals surface area contributed by atoms with Crippen LogP contribution in [0.25, 0.3) is 23.0 Å². The molecule has 0 unspecified atom stereocenters. The minimum atomic E-state index is 0.802. The van der Waals surface area contributed by atoms with E-state index < -0.39 is 0 Å². The summed E-state index contributed by atoms with van der Waals surface area (Å²) in [7, 11) is 1.67. The van der Waals surface area contributed by atoms with Gasteiger partial charge in [0.25, 0.3) is 0 Å². The van der Waals surface area contributed by atoms with Crippen LogP contribution in [0.15, 0.2) is 107 Å². The molecule has 4 aromatic rings. The van der Waals surface area contributed by atoms with Gasteiger partial charge in [-0.2, -0.15) is 5.10 Å². The van der Waals surface area contributed by atoms with Crippen molar-refractivity contribution in [3.63, 3.8) is 0 Å². The van der Waals surface area contributed by atoms with Gasteiger partial charge in [0.05, 0.1) is 12.8 Å². The molecule has 0 aliphatic heterocycles. The molecule has 0 amide bonds. The standard InChI is InChI=1S/C25H21N3OS/c1-29-23-16-14-21(15-17-23)24-19-30-25(28(24)22-12-6-3-7-13-22)27-26-18-8-11-20-9-4-2-5-10-20/h2-19H,1H3/b11-8+,26-18-,27-25-. The Morgan fingerprint density at radius 1 is 0.867 bits per heavy atom. The second-order valence-electron chi connectivity index (χ2n) is 6.44. The Bertz CT molecular complexity index is 1200. The number of para-hydroxylation sites is 1. The fraction of sp³-hybridized carbons (Fsp3) is 0.0400. The molecular weight excluding hydrogens is 390 g/mol. The molecule has 30 heavy (non-hydrogen) atoms. The average molecular weight is 412 g/mol. The first kappa shape index (κ1) is 19.6. The van der Waals surface area contributed by atoms with Gasteiger partial charge in [-0.15, -0.1) is 16.4 Å². The SMILES string of the molecule is COc1ccc(-c2cs\c(=N/N=C\C=C\c3ccccc3)n2-c2ccccc2)cc1.